The molecule has 0 saturated carbocycles. The number of aromatic nitrogens is 2. The molecule has 100 valence electrons. The van der Waals surface area contributed by atoms with Crippen molar-refractivity contribution in [3.63, 3.8) is 0 Å². The molecule has 1 rings (SSSR count). The van der Waals surface area contributed by atoms with Crippen LogP contribution >= 0.6 is 11.8 Å². The number of hydrogen-bond donors (Lipinski definition) is 3. The van der Waals surface area contributed by atoms with E-state index in [1.165, 1.54) is 11.8 Å². The molecule has 0 fully saturated rings. The Bertz CT molecular complexity index is 367. The fourth-order valence-electron chi connectivity index (χ4n) is 1.34. The summed E-state index contributed by atoms with van der Waals surface area (Å²) in [7, 11) is 0. The Morgan fingerprint density at radius 3 is 3.00 bits per heavy atom. The molecule has 0 aromatic carbocycles. The lowest BCUT2D eigenvalue weighted by atomic mass is 10.3. The van der Waals surface area contributed by atoms with Gasteiger partial charge in [0.1, 0.15) is 5.82 Å². The van der Waals surface area contributed by atoms with Crippen molar-refractivity contribution in [2.24, 2.45) is 5.73 Å². The summed E-state index contributed by atoms with van der Waals surface area (Å²) in [6, 6.07) is 0. The van der Waals surface area contributed by atoms with Crippen LogP contribution in [0.2, 0.25) is 0 Å². The van der Waals surface area contributed by atoms with Crippen LogP contribution in [-0.4, -0.2) is 39.8 Å². The van der Waals surface area contributed by atoms with E-state index in [-0.39, 0.29) is 17.6 Å². The molecule has 0 spiro atoms. The van der Waals surface area contributed by atoms with E-state index >= 15 is 0 Å². The number of amides is 2. The fourth-order valence-corrected chi connectivity index (χ4v) is 2.02. The molecule has 0 bridgehead atoms. The molecule has 0 unspecified atom stereocenters. The highest BCUT2D eigenvalue weighted by atomic mass is 32.2. The van der Waals surface area contributed by atoms with Crippen LogP contribution in [0.3, 0.4) is 0 Å². The number of nitrogens with two attached hydrogens (primary N) is 1. The minimum Gasteiger partial charge on any atom is -0.369 e. The van der Waals surface area contributed by atoms with Crippen LogP contribution in [0.5, 0.6) is 0 Å². The average molecular weight is 270 g/mol. The number of aryl methyl sites for hydroxylation is 1. The summed E-state index contributed by atoms with van der Waals surface area (Å²) in [6.45, 7) is 0.639. The van der Waals surface area contributed by atoms with Crippen LogP contribution in [0.25, 0.3) is 0 Å². The van der Waals surface area contributed by atoms with Crippen LogP contribution in [0, 0.1) is 0 Å². The van der Waals surface area contributed by atoms with Crippen molar-refractivity contribution in [2.75, 3.05) is 18.1 Å². The monoisotopic (exact) mass is 270 g/mol. The summed E-state index contributed by atoms with van der Waals surface area (Å²) in [5.41, 5.74) is 4.98. The molecule has 0 radical (unpaired) electrons. The van der Waals surface area contributed by atoms with E-state index in [1.807, 2.05) is 0 Å². The first-order valence-corrected chi connectivity index (χ1v) is 6.95. The maximum Gasteiger partial charge on any atom is 0.227 e. The van der Waals surface area contributed by atoms with Crippen molar-refractivity contribution in [3.05, 3.63) is 18.2 Å². The lowest BCUT2D eigenvalue weighted by molar-refractivity contribution is -0.120. The van der Waals surface area contributed by atoms with Gasteiger partial charge >= 0.3 is 0 Å². The number of imidazole rings is 1. The predicted octanol–water partition coefficient (Wildman–Crippen LogP) is 0.0671. The molecule has 0 aliphatic heterocycles. The molecule has 0 atom stereocenters. The molecule has 1 aromatic rings. The highest BCUT2D eigenvalue weighted by Crippen LogP contribution is 2.01. The number of nitrogens with one attached hydrogen (secondary N) is 2. The number of carbonyl (C=O) groups is 2. The first-order valence-electron chi connectivity index (χ1n) is 5.79. The van der Waals surface area contributed by atoms with Gasteiger partial charge in [0, 0.05) is 37.5 Å². The van der Waals surface area contributed by atoms with Gasteiger partial charge in [0.2, 0.25) is 11.8 Å². The smallest absolute Gasteiger partial charge is 0.227 e. The predicted molar refractivity (Wildman–Crippen MR) is 71.1 cm³/mol. The van der Waals surface area contributed by atoms with Crippen molar-refractivity contribution in [2.45, 2.75) is 19.3 Å². The van der Waals surface area contributed by atoms with Gasteiger partial charge in [-0.15, -0.1) is 0 Å². The lowest BCUT2D eigenvalue weighted by Gasteiger charge is -2.04. The highest BCUT2D eigenvalue weighted by Gasteiger charge is 2.02. The largest absolute Gasteiger partial charge is 0.369 e. The number of carbonyl (C=O) groups excluding carboxylic acids is 2. The maximum atomic E-state index is 11.4. The summed E-state index contributed by atoms with van der Waals surface area (Å²) >= 11 is 1.38. The van der Waals surface area contributed by atoms with E-state index in [1.54, 1.807) is 12.4 Å². The number of rotatable bonds is 9. The average Bonchev–Trinajstić information content (AvgIpc) is 2.83. The van der Waals surface area contributed by atoms with Crippen molar-refractivity contribution < 1.29 is 9.59 Å². The van der Waals surface area contributed by atoms with Crippen molar-refractivity contribution in [1.82, 2.24) is 15.3 Å². The third-order valence-corrected chi connectivity index (χ3v) is 3.17. The number of thioether (sulfide) groups is 1. The minimum absolute atomic E-state index is 0.00594. The number of primary amides is 1. The Morgan fingerprint density at radius 1 is 1.50 bits per heavy atom. The molecule has 4 N–H and O–H groups in total. The van der Waals surface area contributed by atoms with Crippen LogP contribution in [0.15, 0.2) is 12.4 Å². The molecule has 7 heteroatoms. The second kappa shape index (κ2) is 8.57. The van der Waals surface area contributed by atoms with Crippen LogP contribution in [0.1, 0.15) is 18.7 Å². The Hall–Kier alpha value is -1.50. The van der Waals surface area contributed by atoms with Gasteiger partial charge in [0.05, 0.1) is 5.75 Å². The number of aromatic amines is 1. The highest BCUT2D eigenvalue weighted by molar-refractivity contribution is 7.99. The summed E-state index contributed by atoms with van der Waals surface area (Å²) < 4.78 is 0. The third-order valence-electron chi connectivity index (χ3n) is 2.19. The molecule has 0 aliphatic rings. The third kappa shape index (κ3) is 6.95. The SMILES string of the molecule is NC(=O)CSCCC(=O)NCCCc1ncc[nH]1. The molecule has 2 amide bonds. The van der Waals surface area contributed by atoms with Gasteiger partial charge in [-0.05, 0) is 6.42 Å². The summed E-state index contributed by atoms with van der Waals surface area (Å²) in [4.78, 5) is 28.9. The summed E-state index contributed by atoms with van der Waals surface area (Å²) in [5.74, 6) is 1.48. The van der Waals surface area contributed by atoms with Gasteiger partial charge in [0.15, 0.2) is 0 Å². The van der Waals surface area contributed by atoms with E-state index in [2.05, 4.69) is 15.3 Å². The topological polar surface area (TPSA) is 101 Å². The molecule has 18 heavy (non-hydrogen) atoms. The Morgan fingerprint density at radius 2 is 2.33 bits per heavy atom. The zero-order valence-corrected chi connectivity index (χ0v) is 11.0. The molecule has 0 saturated heterocycles. The lowest BCUT2D eigenvalue weighted by Crippen LogP contribution is -2.25. The van der Waals surface area contributed by atoms with Gasteiger partial charge in [-0.1, -0.05) is 0 Å². The standard InChI is InChI=1S/C11H18N4O2S/c12-9(16)8-18-7-3-11(17)15-4-1-2-10-13-5-6-14-10/h5-6H,1-4,7-8H2,(H2,12,16)(H,13,14)(H,15,17). The second-order valence-corrected chi connectivity index (χ2v) is 4.86. The Kier molecular flexibility index (Phi) is 6.93. The van der Waals surface area contributed by atoms with E-state index in [0.29, 0.717) is 18.7 Å². The zero-order valence-electron chi connectivity index (χ0n) is 10.1. The molecule has 1 heterocycles. The number of nitrogens with zero attached hydrogens (tertiary/aromatic N) is 1. The van der Waals surface area contributed by atoms with Gasteiger partial charge in [-0.3, -0.25) is 9.59 Å². The zero-order chi connectivity index (χ0) is 13.2. The van der Waals surface area contributed by atoms with Gasteiger partial charge in [-0.2, -0.15) is 11.8 Å². The van der Waals surface area contributed by atoms with Gasteiger partial charge < -0.3 is 16.0 Å². The van der Waals surface area contributed by atoms with Gasteiger partial charge in [0.25, 0.3) is 0 Å². The van der Waals surface area contributed by atoms with Crippen molar-refractivity contribution in [3.8, 4) is 0 Å². The molecular formula is C11H18N4O2S. The number of hydrogen-bond acceptors (Lipinski definition) is 4. The molecular weight excluding hydrogens is 252 g/mol. The van der Waals surface area contributed by atoms with Crippen molar-refractivity contribution in [1.29, 1.82) is 0 Å². The summed E-state index contributed by atoms with van der Waals surface area (Å²) in [5, 5.41) is 2.82. The quantitative estimate of drug-likeness (QED) is 0.553. The van der Waals surface area contributed by atoms with Crippen LogP contribution in [-0.2, 0) is 16.0 Å². The van der Waals surface area contributed by atoms with Crippen LogP contribution < -0.4 is 11.1 Å². The minimum atomic E-state index is -0.348. The van der Waals surface area contributed by atoms with Crippen LogP contribution in [0.4, 0.5) is 0 Å². The fraction of sp³-hybridized carbons (Fsp3) is 0.545. The van der Waals surface area contributed by atoms with E-state index in [9.17, 15) is 9.59 Å². The van der Waals surface area contributed by atoms with E-state index in [0.717, 1.165) is 18.7 Å². The summed E-state index contributed by atoms with van der Waals surface area (Å²) in [6.07, 6.45) is 5.59. The first kappa shape index (κ1) is 14.6. The van der Waals surface area contributed by atoms with E-state index in [4.69, 9.17) is 5.73 Å². The van der Waals surface area contributed by atoms with Gasteiger partial charge in [-0.25, -0.2) is 4.98 Å². The Labute approximate surface area is 110 Å². The Balaban J connectivity index is 1.95. The normalized spacial score (nSPS) is 10.2. The van der Waals surface area contributed by atoms with Crippen molar-refractivity contribution >= 4 is 23.6 Å². The molecule has 6 nitrogen and oxygen atoms in total. The second-order valence-electron chi connectivity index (χ2n) is 3.76. The maximum absolute atomic E-state index is 11.4. The molecule has 0 aliphatic carbocycles. The number of H-pyrrole nitrogens is 1. The van der Waals surface area contributed by atoms with E-state index < -0.39 is 0 Å². The first-order chi connectivity index (χ1) is 8.68. The molecule has 1 aromatic heterocycles.